The average molecular weight is 344 g/mol. The topological polar surface area (TPSA) is 92.5 Å². The summed E-state index contributed by atoms with van der Waals surface area (Å²) in [5.41, 5.74) is 0.751. The standard InChI is InChI=1S/C16H10ClN3O4/c17-11-4-6-12(7-5-11)19-15(21)14(18-16(19)22)9-10-2-1-3-13(8-10)20(23)24/h1-9H,(H,18,22)/b14-9-. The van der Waals surface area contributed by atoms with E-state index < -0.39 is 16.9 Å². The third kappa shape index (κ3) is 2.97. The molecule has 7 nitrogen and oxygen atoms in total. The van der Waals surface area contributed by atoms with E-state index in [-0.39, 0.29) is 11.4 Å². The van der Waals surface area contributed by atoms with Gasteiger partial charge in [0.15, 0.2) is 0 Å². The molecule has 0 saturated carbocycles. The van der Waals surface area contributed by atoms with Gasteiger partial charge in [-0.2, -0.15) is 0 Å². The highest BCUT2D eigenvalue weighted by molar-refractivity contribution is 6.31. The van der Waals surface area contributed by atoms with Gasteiger partial charge in [0.2, 0.25) is 0 Å². The van der Waals surface area contributed by atoms with Crippen molar-refractivity contribution in [2.24, 2.45) is 0 Å². The van der Waals surface area contributed by atoms with Gasteiger partial charge in [0.1, 0.15) is 5.70 Å². The molecule has 1 aliphatic rings. The van der Waals surface area contributed by atoms with E-state index in [0.29, 0.717) is 16.3 Å². The Morgan fingerprint density at radius 1 is 1.12 bits per heavy atom. The molecular weight excluding hydrogens is 334 g/mol. The van der Waals surface area contributed by atoms with Gasteiger partial charge >= 0.3 is 6.03 Å². The predicted molar refractivity (Wildman–Crippen MR) is 88.5 cm³/mol. The molecule has 2 aromatic carbocycles. The predicted octanol–water partition coefficient (Wildman–Crippen LogP) is 3.35. The van der Waals surface area contributed by atoms with Crippen LogP contribution < -0.4 is 10.2 Å². The van der Waals surface area contributed by atoms with Crippen LogP contribution in [0.1, 0.15) is 5.56 Å². The Morgan fingerprint density at radius 3 is 2.50 bits per heavy atom. The number of non-ortho nitro benzene ring substituents is 1. The highest BCUT2D eigenvalue weighted by Crippen LogP contribution is 2.24. The quantitative estimate of drug-likeness (QED) is 0.400. The minimum atomic E-state index is -0.598. The van der Waals surface area contributed by atoms with Gasteiger partial charge in [0.05, 0.1) is 10.6 Å². The Hall–Kier alpha value is -3.19. The van der Waals surface area contributed by atoms with Crippen molar-refractivity contribution < 1.29 is 14.5 Å². The molecule has 1 N–H and O–H groups in total. The lowest BCUT2D eigenvalue weighted by Gasteiger charge is -2.11. The summed E-state index contributed by atoms with van der Waals surface area (Å²) in [5.74, 6) is -0.547. The number of rotatable bonds is 3. The second kappa shape index (κ2) is 6.13. The lowest BCUT2D eigenvalue weighted by molar-refractivity contribution is -0.384. The Morgan fingerprint density at radius 2 is 1.83 bits per heavy atom. The molecule has 1 fully saturated rings. The summed E-state index contributed by atoms with van der Waals surface area (Å²) in [6, 6.07) is 11.4. The number of amides is 3. The maximum absolute atomic E-state index is 12.4. The molecule has 8 heteroatoms. The fraction of sp³-hybridized carbons (Fsp3) is 0. The highest BCUT2D eigenvalue weighted by Gasteiger charge is 2.34. The van der Waals surface area contributed by atoms with Crippen LogP contribution in [-0.4, -0.2) is 16.9 Å². The lowest BCUT2D eigenvalue weighted by atomic mass is 10.1. The number of benzene rings is 2. The van der Waals surface area contributed by atoms with Crippen molar-refractivity contribution in [2.45, 2.75) is 0 Å². The van der Waals surface area contributed by atoms with Gasteiger partial charge in [-0.25, -0.2) is 9.69 Å². The average Bonchev–Trinajstić information content (AvgIpc) is 2.83. The van der Waals surface area contributed by atoms with E-state index in [4.69, 9.17) is 11.6 Å². The molecule has 120 valence electrons. The summed E-state index contributed by atoms with van der Waals surface area (Å²) in [6.07, 6.45) is 1.39. The second-order valence-corrected chi connectivity index (χ2v) is 5.39. The molecule has 1 aliphatic heterocycles. The molecule has 0 atom stereocenters. The number of imide groups is 1. The SMILES string of the molecule is O=C1N/C(=C\c2cccc([N+](=O)[O-])c2)C(=O)N1c1ccc(Cl)cc1. The van der Waals surface area contributed by atoms with Crippen LogP contribution in [0.25, 0.3) is 6.08 Å². The van der Waals surface area contributed by atoms with Crippen LogP contribution in [0.2, 0.25) is 5.02 Å². The van der Waals surface area contributed by atoms with Crippen LogP contribution in [0.5, 0.6) is 0 Å². The number of nitrogens with zero attached hydrogens (tertiary/aromatic N) is 2. The van der Waals surface area contributed by atoms with Crippen molar-refractivity contribution in [1.82, 2.24) is 5.32 Å². The number of halogens is 1. The maximum atomic E-state index is 12.4. The zero-order chi connectivity index (χ0) is 17.3. The number of anilines is 1. The largest absolute Gasteiger partial charge is 0.333 e. The highest BCUT2D eigenvalue weighted by atomic mass is 35.5. The lowest BCUT2D eigenvalue weighted by Crippen LogP contribution is -2.30. The normalized spacial score (nSPS) is 15.7. The van der Waals surface area contributed by atoms with Gasteiger partial charge in [0, 0.05) is 17.2 Å². The summed E-state index contributed by atoms with van der Waals surface area (Å²) >= 11 is 5.80. The van der Waals surface area contributed by atoms with Crippen molar-refractivity contribution in [3.63, 3.8) is 0 Å². The van der Waals surface area contributed by atoms with E-state index in [1.165, 1.54) is 24.3 Å². The molecule has 24 heavy (non-hydrogen) atoms. The Bertz CT molecular complexity index is 877. The number of carbonyl (C=O) groups is 2. The molecule has 0 spiro atoms. The molecule has 1 heterocycles. The van der Waals surface area contributed by atoms with E-state index in [9.17, 15) is 19.7 Å². The summed E-state index contributed by atoms with van der Waals surface area (Å²) in [6.45, 7) is 0. The van der Waals surface area contributed by atoms with Crippen molar-refractivity contribution >= 4 is 41.0 Å². The number of nitro benzene ring substituents is 1. The van der Waals surface area contributed by atoms with Crippen LogP contribution in [0.3, 0.4) is 0 Å². The van der Waals surface area contributed by atoms with Gasteiger partial charge < -0.3 is 5.32 Å². The minimum Gasteiger partial charge on any atom is -0.302 e. The first-order chi connectivity index (χ1) is 11.5. The molecule has 2 aromatic rings. The zero-order valence-electron chi connectivity index (χ0n) is 12.1. The van der Waals surface area contributed by atoms with E-state index in [1.54, 1.807) is 30.3 Å². The molecule has 3 amide bonds. The zero-order valence-corrected chi connectivity index (χ0v) is 12.9. The Labute approximate surface area is 141 Å². The van der Waals surface area contributed by atoms with Crippen LogP contribution >= 0.6 is 11.6 Å². The third-order valence-corrected chi connectivity index (χ3v) is 3.61. The van der Waals surface area contributed by atoms with E-state index in [1.807, 2.05) is 0 Å². The van der Waals surface area contributed by atoms with Crippen molar-refractivity contribution in [1.29, 1.82) is 0 Å². The van der Waals surface area contributed by atoms with Gasteiger partial charge in [-0.15, -0.1) is 0 Å². The number of nitro groups is 1. The van der Waals surface area contributed by atoms with Crippen LogP contribution in [0.15, 0.2) is 54.2 Å². The van der Waals surface area contributed by atoms with Gasteiger partial charge in [-0.1, -0.05) is 23.7 Å². The first kappa shape index (κ1) is 15.7. The monoisotopic (exact) mass is 343 g/mol. The third-order valence-electron chi connectivity index (χ3n) is 3.36. The van der Waals surface area contributed by atoms with E-state index in [2.05, 4.69) is 5.32 Å². The van der Waals surface area contributed by atoms with E-state index >= 15 is 0 Å². The number of hydrogen-bond donors (Lipinski definition) is 1. The van der Waals surface area contributed by atoms with Crippen LogP contribution in [-0.2, 0) is 4.79 Å². The number of carbonyl (C=O) groups excluding carboxylic acids is 2. The first-order valence-electron chi connectivity index (χ1n) is 6.83. The molecule has 0 aliphatic carbocycles. The smallest absolute Gasteiger partial charge is 0.302 e. The van der Waals surface area contributed by atoms with Gasteiger partial charge in [-0.3, -0.25) is 14.9 Å². The van der Waals surface area contributed by atoms with Gasteiger partial charge in [-0.05, 0) is 35.9 Å². The number of hydrogen-bond acceptors (Lipinski definition) is 4. The van der Waals surface area contributed by atoms with Crippen molar-refractivity contribution in [3.05, 3.63) is 74.9 Å². The summed E-state index contributed by atoms with van der Waals surface area (Å²) in [7, 11) is 0. The molecule has 1 saturated heterocycles. The molecule has 3 rings (SSSR count). The maximum Gasteiger partial charge on any atom is 0.333 e. The number of nitrogens with one attached hydrogen (secondary N) is 1. The molecule has 0 unspecified atom stereocenters. The van der Waals surface area contributed by atoms with Crippen molar-refractivity contribution in [2.75, 3.05) is 4.90 Å². The Kier molecular flexibility index (Phi) is 4.01. The fourth-order valence-electron chi connectivity index (χ4n) is 2.25. The summed E-state index contributed by atoms with van der Waals surface area (Å²) in [5, 5.41) is 13.7. The number of urea groups is 1. The van der Waals surface area contributed by atoms with Gasteiger partial charge in [0.25, 0.3) is 11.6 Å². The summed E-state index contributed by atoms with van der Waals surface area (Å²) in [4.78, 5) is 35.7. The van der Waals surface area contributed by atoms with Crippen LogP contribution in [0, 0.1) is 10.1 Å². The van der Waals surface area contributed by atoms with E-state index in [0.717, 1.165) is 4.90 Å². The molecule has 0 radical (unpaired) electrons. The first-order valence-corrected chi connectivity index (χ1v) is 7.20. The van der Waals surface area contributed by atoms with Crippen molar-refractivity contribution in [3.8, 4) is 0 Å². The Balaban J connectivity index is 1.92. The molecular formula is C16H10ClN3O4. The molecule has 0 aromatic heterocycles. The van der Waals surface area contributed by atoms with Crippen LogP contribution in [0.4, 0.5) is 16.2 Å². The summed E-state index contributed by atoms with van der Waals surface area (Å²) < 4.78 is 0. The molecule has 0 bridgehead atoms. The fourth-order valence-corrected chi connectivity index (χ4v) is 2.38. The second-order valence-electron chi connectivity index (χ2n) is 4.96. The minimum absolute atomic E-state index is 0.0375.